The Bertz CT molecular complexity index is 1310. The maximum atomic E-state index is 14.8. The molecule has 5 heteroatoms. The zero-order valence-electron chi connectivity index (χ0n) is 15.0. The SMILES string of the molecule is O=c1c2ccccc2ncn1Cc1ccc(-c2cnc3c(c2)C=CC3)cc1F. The zero-order chi connectivity index (χ0) is 19.1. The number of halogens is 1. The summed E-state index contributed by atoms with van der Waals surface area (Å²) in [6.45, 7) is 0.133. The number of fused-ring (bicyclic) bond motifs is 2. The Morgan fingerprint density at radius 2 is 1.93 bits per heavy atom. The molecule has 0 atom stereocenters. The van der Waals surface area contributed by atoms with Gasteiger partial charge in [0.05, 0.1) is 29.5 Å². The lowest BCUT2D eigenvalue weighted by atomic mass is 10.0. The lowest BCUT2D eigenvalue weighted by molar-refractivity contribution is 0.596. The molecule has 0 amide bonds. The van der Waals surface area contributed by atoms with Gasteiger partial charge in [-0.15, -0.1) is 0 Å². The van der Waals surface area contributed by atoms with Gasteiger partial charge in [0.25, 0.3) is 5.56 Å². The Labute approximate surface area is 160 Å². The van der Waals surface area contributed by atoms with Gasteiger partial charge < -0.3 is 0 Å². The van der Waals surface area contributed by atoms with E-state index in [2.05, 4.69) is 16.0 Å². The molecule has 2 aromatic carbocycles. The predicted octanol–water partition coefficient (Wildman–Crippen LogP) is 4.22. The fourth-order valence-electron chi connectivity index (χ4n) is 3.54. The Hall–Kier alpha value is -3.60. The second-order valence-electron chi connectivity index (χ2n) is 6.87. The molecule has 0 saturated heterocycles. The molecule has 0 saturated carbocycles. The van der Waals surface area contributed by atoms with Crippen molar-refractivity contribution in [2.24, 2.45) is 0 Å². The van der Waals surface area contributed by atoms with E-state index in [1.165, 1.54) is 17.0 Å². The largest absolute Gasteiger partial charge is 0.294 e. The molecule has 0 aliphatic heterocycles. The van der Waals surface area contributed by atoms with Crippen molar-refractivity contribution in [1.29, 1.82) is 0 Å². The van der Waals surface area contributed by atoms with Crippen LogP contribution < -0.4 is 5.56 Å². The summed E-state index contributed by atoms with van der Waals surface area (Å²) in [5.41, 5.74) is 4.67. The van der Waals surface area contributed by atoms with Crippen LogP contribution in [0.1, 0.15) is 16.8 Å². The van der Waals surface area contributed by atoms with Crippen molar-refractivity contribution >= 4 is 17.0 Å². The number of aromatic nitrogens is 3. The average Bonchev–Trinajstić information content (AvgIpc) is 3.19. The third-order valence-corrected chi connectivity index (χ3v) is 5.07. The molecule has 0 radical (unpaired) electrons. The summed E-state index contributed by atoms with van der Waals surface area (Å²) in [7, 11) is 0. The number of pyridine rings is 1. The van der Waals surface area contributed by atoms with Crippen LogP contribution >= 0.6 is 0 Å². The highest BCUT2D eigenvalue weighted by Gasteiger charge is 2.11. The van der Waals surface area contributed by atoms with Crippen LogP contribution in [0.15, 0.2) is 71.9 Å². The summed E-state index contributed by atoms with van der Waals surface area (Å²) >= 11 is 0. The first-order chi connectivity index (χ1) is 13.7. The van der Waals surface area contributed by atoms with E-state index in [0.29, 0.717) is 16.5 Å². The normalized spacial score (nSPS) is 12.5. The summed E-state index contributed by atoms with van der Waals surface area (Å²) in [4.78, 5) is 21.4. The van der Waals surface area contributed by atoms with Crippen molar-refractivity contribution in [2.75, 3.05) is 0 Å². The van der Waals surface area contributed by atoms with Gasteiger partial charge in [-0.05, 0) is 35.4 Å². The Balaban J connectivity index is 1.48. The second-order valence-corrected chi connectivity index (χ2v) is 6.87. The van der Waals surface area contributed by atoms with Crippen molar-refractivity contribution in [3.8, 4) is 11.1 Å². The minimum absolute atomic E-state index is 0.133. The standard InChI is InChI=1S/C23H16FN3O/c24-20-11-15(18-10-16-4-3-7-21(16)25-12-18)8-9-17(20)13-27-14-26-22-6-2-1-5-19(22)23(27)28/h1-6,8-12,14H,7,13H2. The van der Waals surface area contributed by atoms with Gasteiger partial charge in [0, 0.05) is 23.7 Å². The third-order valence-electron chi connectivity index (χ3n) is 5.07. The highest BCUT2D eigenvalue weighted by Crippen LogP contribution is 2.26. The minimum Gasteiger partial charge on any atom is -0.294 e. The molecule has 4 nitrogen and oxygen atoms in total. The molecule has 136 valence electrons. The molecule has 5 rings (SSSR count). The molecule has 28 heavy (non-hydrogen) atoms. The van der Waals surface area contributed by atoms with E-state index in [4.69, 9.17) is 0 Å². The summed E-state index contributed by atoms with van der Waals surface area (Å²) < 4.78 is 16.2. The molecule has 1 aliphatic rings. The number of allylic oxidation sites excluding steroid dienone is 1. The number of hydrogen-bond donors (Lipinski definition) is 0. The van der Waals surface area contributed by atoms with E-state index in [0.717, 1.165) is 28.8 Å². The van der Waals surface area contributed by atoms with E-state index >= 15 is 0 Å². The van der Waals surface area contributed by atoms with Crippen LogP contribution in [0, 0.1) is 5.82 Å². The molecule has 2 heterocycles. The number of nitrogens with zero attached hydrogens (tertiary/aromatic N) is 3. The van der Waals surface area contributed by atoms with Gasteiger partial charge in [-0.2, -0.15) is 0 Å². The van der Waals surface area contributed by atoms with Gasteiger partial charge in [-0.3, -0.25) is 14.3 Å². The monoisotopic (exact) mass is 369 g/mol. The fourth-order valence-corrected chi connectivity index (χ4v) is 3.54. The number of rotatable bonds is 3. The fraction of sp³-hybridized carbons (Fsp3) is 0.0870. The van der Waals surface area contributed by atoms with E-state index < -0.39 is 0 Å². The van der Waals surface area contributed by atoms with E-state index in [1.54, 1.807) is 30.5 Å². The number of benzene rings is 2. The summed E-state index contributed by atoms with van der Waals surface area (Å²) in [5.74, 6) is -0.353. The van der Waals surface area contributed by atoms with Gasteiger partial charge in [-0.25, -0.2) is 9.37 Å². The van der Waals surface area contributed by atoms with Crippen LogP contribution in [0.2, 0.25) is 0 Å². The van der Waals surface area contributed by atoms with Gasteiger partial charge >= 0.3 is 0 Å². The molecule has 0 unspecified atom stereocenters. The minimum atomic E-state index is -0.353. The Morgan fingerprint density at radius 1 is 1.04 bits per heavy atom. The Kier molecular flexibility index (Phi) is 3.86. The predicted molar refractivity (Wildman–Crippen MR) is 107 cm³/mol. The molecule has 0 N–H and O–H groups in total. The molecular formula is C23H16FN3O. The van der Waals surface area contributed by atoms with Crippen LogP contribution in [-0.4, -0.2) is 14.5 Å². The smallest absolute Gasteiger partial charge is 0.261 e. The molecule has 1 aliphatic carbocycles. The highest BCUT2D eigenvalue weighted by molar-refractivity contribution is 5.77. The van der Waals surface area contributed by atoms with Crippen LogP contribution in [0.4, 0.5) is 4.39 Å². The van der Waals surface area contributed by atoms with Gasteiger partial charge in [0.2, 0.25) is 0 Å². The van der Waals surface area contributed by atoms with Gasteiger partial charge in [0.1, 0.15) is 5.82 Å². The number of hydrogen-bond acceptors (Lipinski definition) is 3. The lowest BCUT2D eigenvalue weighted by Gasteiger charge is -2.10. The molecule has 0 spiro atoms. The first-order valence-electron chi connectivity index (χ1n) is 9.07. The summed E-state index contributed by atoms with van der Waals surface area (Å²) in [5, 5.41) is 0.527. The zero-order valence-corrected chi connectivity index (χ0v) is 15.0. The average molecular weight is 369 g/mol. The van der Waals surface area contributed by atoms with Gasteiger partial charge in [-0.1, -0.05) is 36.4 Å². The molecular weight excluding hydrogens is 353 g/mol. The Morgan fingerprint density at radius 3 is 2.82 bits per heavy atom. The van der Waals surface area contributed by atoms with Crippen LogP contribution in [0.3, 0.4) is 0 Å². The molecule has 0 fully saturated rings. The van der Waals surface area contributed by atoms with Crippen LogP contribution in [0.25, 0.3) is 28.1 Å². The van der Waals surface area contributed by atoms with Crippen LogP contribution in [0.5, 0.6) is 0 Å². The first kappa shape index (κ1) is 16.6. The van der Waals surface area contributed by atoms with Crippen molar-refractivity contribution in [3.63, 3.8) is 0 Å². The lowest BCUT2D eigenvalue weighted by Crippen LogP contribution is -2.21. The maximum Gasteiger partial charge on any atom is 0.261 e. The van der Waals surface area contributed by atoms with Crippen molar-refractivity contribution in [3.05, 3.63) is 100 Å². The molecule has 4 aromatic rings. The van der Waals surface area contributed by atoms with E-state index in [1.807, 2.05) is 24.3 Å². The molecule has 2 aromatic heterocycles. The number of para-hydroxylation sites is 1. The summed E-state index contributed by atoms with van der Waals surface area (Å²) in [6.07, 6.45) is 8.19. The summed E-state index contributed by atoms with van der Waals surface area (Å²) in [6, 6.07) is 14.3. The van der Waals surface area contributed by atoms with Gasteiger partial charge in [0.15, 0.2) is 0 Å². The maximum absolute atomic E-state index is 14.8. The highest BCUT2D eigenvalue weighted by atomic mass is 19.1. The van der Waals surface area contributed by atoms with Crippen LogP contribution in [-0.2, 0) is 13.0 Å². The third kappa shape index (κ3) is 2.81. The van der Waals surface area contributed by atoms with Crippen molar-refractivity contribution < 1.29 is 4.39 Å². The van der Waals surface area contributed by atoms with E-state index in [-0.39, 0.29) is 17.9 Å². The molecule has 0 bridgehead atoms. The topological polar surface area (TPSA) is 47.8 Å². The second kappa shape index (κ2) is 6.53. The quantitative estimate of drug-likeness (QED) is 0.543. The van der Waals surface area contributed by atoms with E-state index in [9.17, 15) is 9.18 Å². The first-order valence-corrected chi connectivity index (χ1v) is 9.07. The van der Waals surface area contributed by atoms with Crippen molar-refractivity contribution in [1.82, 2.24) is 14.5 Å². The van der Waals surface area contributed by atoms with Crippen molar-refractivity contribution in [2.45, 2.75) is 13.0 Å².